The van der Waals surface area contributed by atoms with E-state index in [0.717, 1.165) is 18.2 Å². The summed E-state index contributed by atoms with van der Waals surface area (Å²) in [6.45, 7) is -0.326. The summed E-state index contributed by atoms with van der Waals surface area (Å²) in [4.78, 5) is 0. The van der Waals surface area contributed by atoms with E-state index in [4.69, 9.17) is 10.5 Å². The van der Waals surface area contributed by atoms with Gasteiger partial charge in [-0.1, -0.05) is 6.07 Å². The van der Waals surface area contributed by atoms with Gasteiger partial charge in [-0.15, -0.1) is 0 Å². The number of nitrogens with zero attached hydrogens (tertiary/aromatic N) is 2. The third kappa shape index (κ3) is 2.92. The van der Waals surface area contributed by atoms with Crippen LogP contribution in [0.15, 0.2) is 18.2 Å². The number of benzene rings is 2. The Kier molecular flexibility index (Phi) is 4.47. The molecule has 1 N–H and O–H groups in total. The molecule has 0 spiro atoms. The first kappa shape index (κ1) is 16.2. The van der Waals surface area contributed by atoms with E-state index in [2.05, 4.69) is 5.32 Å². The van der Waals surface area contributed by atoms with Crippen molar-refractivity contribution in [2.75, 3.05) is 5.32 Å². The summed E-state index contributed by atoms with van der Waals surface area (Å²) in [5.41, 5.74) is -2.75. The summed E-state index contributed by atoms with van der Waals surface area (Å²) in [7, 11) is 0. The highest BCUT2D eigenvalue weighted by Gasteiger charge is 2.25. The van der Waals surface area contributed by atoms with Crippen LogP contribution in [0.3, 0.4) is 0 Å². The van der Waals surface area contributed by atoms with E-state index >= 15 is 0 Å². The zero-order valence-corrected chi connectivity index (χ0v) is 11.2. The minimum Gasteiger partial charge on any atom is -0.377 e. The lowest BCUT2D eigenvalue weighted by molar-refractivity contribution is 0.492. The van der Waals surface area contributed by atoms with E-state index in [9.17, 15) is 22.0 Å². The van der Waals surface area contributed by atoms with Crippen LogP contribution in [0.2, 0.25) is 0 Å². The maximum Gasteiger partial charge on any atom is 0.184 e. The number of anilines is 1. The lowest BCUT2D eigenvalue weighted by Gasteiger charge is -2.12. The molecule has 0 bridgehead atoms. The second-order valence-electron chi connectivity index (χ2n) is 4.39. The van der Waals surface area contributed by atoms with Gasteiger partial charge in [-0.25, -0.2) is 22.0 Å². The summed E-state index contributed by atoms with van der Waals surface area (Å²) in [5.74, 6) is -7.09. The van der Waals surface area contributed by atoms with Gasteiger partial charge >= 0.3 is 0 Å². The second-order valence-corrected chi connectivity index (χ2v) is 4.39. The molecule has 0 aliphatic carbocycles. The summed E-state index contributed by atoms with van der Waals surface area (Å²) in [5, 5.41) is 19.7. The minimum atomic E-state index is -1.74. The van der Waals surface area contributed by atoms with Crippen molar-refractivity contribution in [3.8, 4) is 12.1 Å². The van der Waals surface area contributed by atoms with Gasteiger partial charge in [0.15, 0.2) is 29.1 Å². The molecular formula is C15H6F5N3. The average molecular weight is 323 g/mol. The highest BCUT2D eigenvalue weighted by atomic mass is 19.2. The lowest BCUT2D eigenvalue weighted by Crippen LogP contribution is -2.09. The molecule has 0 aromatic heterocycles. The van der Waals surface area contributed by atoms with Crippen molar-refractivity contribution >= 4 is 5.69 Å². The predicted octanol–water partition coefficient (Wildman–Crippen LogP) is 3.74. The first-order valence-corrected chi connectivity index (χ1v) is 6.09. The van der Waals surface area contributed by atoms with Crippen molar-refractivity contribution in [2.45, 2.75) is 6.54 Å². The number of nitrogens with one attached hydrogen (secondary N) is 1. The molecule has 3 nitrogen and oxygen atoms in total. The van der Waals surface area contributed by atoms with Gasteiger partial charge in [0.2, 0.25) is 0 Å². The molecule has 2 rings (SSSR count). The predicted molar refractivity (Wildman–Crippen MR) is 69.4 cm³/mol. The van der Waals surface area contributed by atoms with E-state index in [1.165, 1.54) is 12.1 Å². The van der Waals surface area contributed by atoms with Crippen LogP contribution in [0.25, 0.3) is 0 Å². The molecule has 0 aliphatic heterocycles. The van der Waals surface area contributed by atoms with E-state index in [-0.39, 0.29) is 12.1 Å². The zero-order chi connectivity index (χ0) is 17.1. The molecule has 0 fully saturated rings. The lowest BCUT2D eigenvalue weighted by atomic mass is 10.1. The molecule has 8 heteroatoms. The van der Waals surface area contributed by atoms with E-state index in [1.807, 2.05) is 0 Å². The van der Waals surface area contributed by atoms with Crippen molar-refractivity contribution in [1.82, 2.24) is 0 Å². The Morgan fingerprint density at radius 1 is 0.826 bits per heavy atom. The smallest absolute Gasteiger partial charge is 0.184 e. The molecule has 0 saturated heterocycles. The van der Waals surface area contributed by atoms with Gasteiger partial charge in [0, 0.05) is 6.54 Å². The summed E-state index contributed by atoms with van der Waals surface area (Å²) in [6.07, 6.45) is 0. The fraction of sp³-hybridized carbons (Fsp3) is 0.0667. The van der Waals surface area contributed by atoms with Crippen LogP contribution in [0, 0.1) is 51.7 Å². The number of hydrogen-bond acceptors (Lipinski definition) is 3. The molecule has 116 valence electrons. The fourth-order valence-electron chi connectivity index (χ4n) is 1.87. The van der Waals surface area contributed by atoms with Crippen LogP contribution >= 0.6 is 0 Å². The topological polar surface area (TPSA) is 59.6 Å². The van der Waals surface area contributed by atoms with Gasteiger partial charge in [0.1, 0.15) is 23.3 Å². The first-order chi connectivity index (χ1) is 10.9. The zero-order valence-electron chi connectivity index (χ0n) is 11.2. The highest BCUT2D eigenvalue weighted by molar-refractivity contribution is 5.62. The van der Waals surface area contributed by atoms with Gasteiger partial charge in [0.05, 0.1) is 5.69 Å². The molecule has 0 amide bonds. The quantitative estimate of drug-likeness (QED) is 0.691. The van der Waals surface area contributed by atoms with E-state index in [0.29, 0.717) is 0 Å². The number of nitriles is 2. The van der Waals surface area contributed by atoms with Crippen molar-refractivity contribution in [3.63, 3.8) is 0 Å². The Balaban J connectivity index is 2.42. The van der Waals surface area contributed by atoms with Crippen molar-refractivity contribution < 1.29 is 22.0 Å². The third-order valence-electron chi connectivity index (χ3n) is 3.00. The maximum absolute atomic E-state index is 13.9. The molecule has 2 aromatic carbocycles. The molecule has 0 radical (unpaired) electrons. The second kappa shape index (κ2) is 6.32. The molecule has 0 unspecified atom stereocenters. The van der Waals surface area contributed by atoms with Crippen LogP contribution in [0.4, 0.5) is 27.6 Å². The molecule has 23 heavy (non-hydrogen) atoms. The molecular weight excluding hydrogens is 317 g/mol. The van der Waals surface area contributed by atoms with Crippen LogP contribution in [0.1, 0.15) is 16.7 Å². The maximum atomic E-state index is 13.9. The van der Waals surface area contributed by atoms with E-state index in [1.54, 1.807) is 0 Å². The van der Waals surface area contributed by atoms with Crippen molar-refractivity contribution in [1.29, 1.82) is 10.5 Å². The number of halogens is 5. The Morgan fingerprint density at radius 3 is 2.04 bits per heavy atom. The van der Waals surface area contributed by atoms with Gasteiger partial charge in [-0.2, -0.15) is 10.5 Å². The SMILES string of the molecule is N#Cc1c(F)c(F)c(NCc2ccc(F)c(F)c2)c(C#N)c1F. The monoisotopic (exact) mass is 323 g/mol. The van der Waals surface area contributed by atoms with Crippen LogP contribution in [0.5, 0.6) is 0 Å². The van der Waals surface area contributed by atoms with Crippen molar-refractivity contribution in [3.05, 3.63) is 64.0 Å². The summed E-state index contributed by atoms with van der Waals surface area (Å²) >= 11 is 0. The third-order valence-corrected chi connectivity index (χ3v) is 3.00. The number of rotatable bonds is 3. The van der Waals surface area contributed by atoms with Crippen LogP contribution < -0.4 is 5.32 Å². The van der Waals surface area contributed by atoms with Crippen LogP contribution in [-0.4, -0.2) is 0 Å². The standard InChI is InChI=1S/C15H6F5N3/c16-10-2-1-7(3-11(10)17)6-23-15-9(5-22)12(18)8(4-21)13(19)14(15)20/h1-3,23H,6H2. The Hall–Kier alpha value is -3.13. The molecule has 0 aliphatic rings. The van der Waals surface area contributed by atoms with Crippen molar-refractivity contribution in [2.24, 2.45) is 0 Å². The minimum absolute atomic E-state index is 0.150. The van der Waals surface area contributed by atoms with Gasteiger partial charge in [-0.3, -0.25) is 0 Å². The van der Waals surface area contributed by atoms with E-state index < -0.39 is 45.9 Å². The molecule has 2 aromatic rings. The average Bonchev–Trinajstić information content (AvgIpc) is 2.53. The highest BCUT2D eigenvalue weighted by Crippen LogP contribution is 2.29. The largest absolute Gasteiger partial charge is 0.377 e. The molecule has 0 saturated carbocycles. The molecule has 0 heterocycles. The summed E-state index contributed by atoms with van der Waals surface area (Å²) in [6, 6.07) is 5.28. The first-order valence-electron chi connectivity index (χ1n) is 6.09. The van der Waals surface area contributed by atoms with Gasteiger partial charge < -0.3 is 5.32 Å². The van der Waals surface area contributed by atoms with Crippen LogP contribution in [-0.2, 0) is 6.54 Å². The Bertz CT molecular complexity index is 865. The Labute approximate surface area is 127 Å². The van der Waals surface area contributed by atoms with Gasteiger partial charge in [0.25, 0.3) is 0 Å². The Morgan fingerprint density at radius 2 is 1.48 bits per heavy atom. The fourth-order valence-corrected chi connectivity index (χ4v) is 1.87. The summed E-state index contributed by atoms with van der Waals surface area (Å²) < 4.78 is 67.2. The normalized spacial score (nSPS) is 10.0. The van der Waals surface area contributed by atoms with Gasteiger partial charge in [-0.05, 0) is 17.7 Å². The number of hydrogen-bond donors (Lipinski definition) is 1. The molecule has 0 atom stereocenters.